The van der Waals surface area contributed by atoms with Gasteiger partial charge < -0.3 is 10.4 Å². The number of hydrogen-bond donors (Lipinski definition) is 2. The first-order valence-electron chi connectivity index (χ1n) is 4.30. The fraction of sp³-hybridized carbons (Fsp3) is 0.300. The van der Waals surface area contributed by atoms with E-state index in [1.807, 2.05) is 6.07 Å². The molecule has 1 amide bonds. The molecule has 0 heterocycles. The van der Waals surface area contributed by atoms with Crippen LogP contribution in [-0.4, -0.2) is 23.7 Å². The molecule has 1 atom stereocenters. The van der Waals surface area contributed by atoms with Gasteiger partial charge in [0.15, 0.2) is 0 Å². The van der Waals surface area contributed by atoms with Gasteiger partial charge in [-0.25, -0.2) is 0 Å². The summed E-state index contributed by atoms with van der Waals surface area (Å²) in [5.74, 6) is -0.173. The summed E-state index contributed by atoms with van der Waals surface area (Å²) in [7, 11) is 0. The molecular weight excluding hydrogens is 246 g/mol. The van der Waals surface area contributed by atoms with E-state index in [1.54, 1.807) is 25.1 Å². The highest BCUT2D eigenvalue weighted by Crippen LogP contribution is 2.11. The van der Waals surface area contributed by atoms with E-state index in [4.69, 9.17) is 5.11 Å². The molecule has 14 heavy (non-hydrogen) atoms. The summed E-state index contributed by atoms with van der Waals surface area (Å²) in [5.41, 5.74) is 0.583. The lowest BCUT2D eigenvalue weighted by molar-refractivity contribution is 0.0922. The van der Waals surface area contributed by atoms with E-state index in [9.17, 15) is 4.79 Å². The van der Waals surface area contributed by atoms with Crippen LogP contribution in [0.3, 0.4) is 0 Å². The maximum Gasteiger partial charge on any atom is 0.251 e. The average molecular weight is 258 g/mol. The largest absolute Gasteiger partial charge is 0.394 e. The summed E-state index contributed by atoms with van der Waals surface area (Å²) in [6.07, 6.45) is 0. The Kier molecular flexibility index (Phi) is 4.10. The fourth-order valence-electron chi connectivity index (χ4n) is 0.982. The number of aliphatic hydroxyl groups excluding tert-OH is 1. The van der Waals surface area contributed by atoms with Crippen molar-refractivity contribution in [3.05, 3.63) is 34.3 Å². The Morgan fingerprint density at radius 2 is 2.36 bits per heavy atom. The zero-order valence-electron chi connectivity index (χ0n) is 7.83. The van der Waals surface area contributed by atoms with E-state index < -0.39 is 0 Å². The van der Waals surface area contributed by atoms with Crippen molar-refractivity contribution in [1.82, 2.24) is 5.32 Å². The molecule has 0 aliphatic carbocycles. The highest BCUT2D eigenvalue weighted by atomic mass is 79.9. The van der Waals surface area contributed by atoms with Crippen molar-refractivity contribution in [2.24, 2.45) is 0 Å². The van der Waals surface area contributed by atoms with Crippen LogP contribution in [0.5, 0.6) is 0 Å². The van der Waals surface area contributed by atoms with Gasteiger partial charge in [-0.2, -0.15) is 0 Å². The number of benzene rings is 1. The zero-order chi connectivity index (χ0) is 10.6. The number of carbonyl (C=O) groups is 1. The van der Waals surface area contributed by atoms with E-state index in [-0.39, 0.29) is 18.6 Å². The standard InChI is InChI=1S/C10H12BrNO2/c1-7(6-13)12-10(14)8-3-2-4-9(11)5-8/h2-5,7,13H,6H2,1H3,(H,12,14)/t7-/m0/s1. The number of hydrogen-bond acceptors (Lipinski definition) is 2. The van der Waals surface area contributed by atoms with Crippen LogP contribution in [0.4, 0.5) is 0 Å². The Labute approximate surface area is 91.3 Å². The molecule has 0 fully saturated rings. The van der Waals surface area contributed by atoms with Crippen molar-refractivity contribution in [1.29, 1.82) is 0 Å². The minimum Gasteiger partial charge on any atom is -0.394 e. The van der Waals surface area contributed by atoms with E-state index in [1.165, 1.54) is 0 Å². The molecule has 0 aliphatic rings. The number of nitrogens with one attached hydrogen (secondary N) is 1. The molecule has 1 rings (SSSR count). The smallest absolute Gasteiger partial charge is 0.251 e. The maximum atomic E-state index is 11.5. The van der Waals surface area contributed by atoms with Crippen LogP contribution in [0.1, 0.15) is 17.3 Å². The first-order chi connectivity index (χ1) is 6.63. The van der Waals surface area contributed by atoms with Crippen LogP contribution < -0.4 is 5.32 Å². The maximum absolute atomic E-state index is 11.5. The Morgan fingerprint density at radius 3 is 2.93 bits per heavy atom. The molecule has 1 aromatic carbocycles. The predicted molar refractivity (Wildman–Crippen MR) is 58.2 cm³/mol. The van der Waals surface area contributed by atoms with Gasteiger partial charge >= 0.3 is 0 Å². The number of carbonyl (C=O) groups excluding carboxylic acids is 1. The molecule has 2 N–H and O–H groups in total. The molecule has 0 bridgehead atoms. The highest BCUT2D eigenvalue weighted by molar-refractivity contribution is 9.10. The molecule has 3 nitrogen and oxygen atoms in total. The molecule has 0 saturated heterocycles. The van der Waals surface area contributed by atoms with Gasteiger partial charge in [-0.15, -0.1) is 0 Å². The second-order valence-electron chi connectivity index (χ2n) is 3.07. The summed E-state index contributed by atoms with van der Waals surface area (Å²) in [6, 6.07) is 6.89. The third-order valence-electron chi connectivity index (χ3n) is 1.74. The summed E-state index contributed by atoms with van der Waals surface area (Å²) in [4.78, 5) is 11.5. The van der Waals surface area contributed by atoms with Crippen LogP contribution in [0.15, 0.2) is 28.7 Å². The third-order valence-corrected chi connectivity index (χ3v) is 2.23. The SMILES string of the molecule is C[C@@H](CO)NC(=O)c1cccc(Br)c1. The molecule has 76 valence electrons. The molecule has 0 radical (unpaired) electrons. The normalized spacial score (nSPS) is 12.2. The minimum absolute atomic E-state index is 0.0558. The van der Waals surface area contributed by atoms with Crippen LogP contribution in [-0.2, 0) is 0 Å². The van der Waals surface area contributed by atoms with Gasteiger partial charge in [0.25, 0.3) is 5.91 Å². The Bertz CT molecular complexity index is 328. The third kappa shape index (κ3) is 3.12. The lowest BCUT2D eigenvalue weighted by Gasteiger charge is -2.10. The van der Waals surface area contributed by atoms with Crippen LogP contribution in [0.25, 0.3) is 0 Å². The fourth-order valence-corrected chi connectivity index (χ4v) is 1.38. The van der Waals surface area contributed by atoms with Gasteiger partial charge in [-0.05, 0) is 25.1 Å². The number of rotatable bonds is 3. The Hall–Kier alpha value is -0.870. The predicted octanol–water partition coefficient (Wildman–Crippen LogP) is 1.56. The van der Waals surface area contributed by atoms with Gasteiger partial charge in [-0.1, -0.05) is 22.0 Å². The molecule has 0 aliphatic heterocycles. The van der Waals surface area contributed by atoms with Crippen LogP contribution >= 0.6 is 15.9 Å². The topological polar surface area (TPSA) is 49.3 Å². The van der Waals surface area contributed by atoms with Crippen molar-refractivity contribution >= 4 is 21.8 Å². The van der Waals surface area contributed by atoms with E-state index in [0.717, 1.165) is 4.47 Å². The van der Waals surface area contributed by atoms with Gasteiger partial charge in [0.05, 0.1) is 6.61 Å². The molecule has 1 aromatic rings. The Balaban J connectivity index is 2.70. The van der Waals surface area contributed by atoms with Crippen LogP contribution in [0, 0.1) is 0 Å². The molecule has 0 saturated carbocycles. The van der Waals surface area contributed by atoms with E-state index in [2.05, 4.69) is 21.2 Å². The van der Waals surface area contributed by atoms with Gasteiger partial charge in [0, 0.05) is 16.1 Å². The van der Waals surface area contributed by atoms with E-state index in [0.29, 0.717) is 5.56 Å². The lowest BCUT2D eigenvalue weighted by Crippen LogP contribution is -2.34. The van der Waals surface area contributed by atoms with Crippen molar-refractivity contribution in [3.8, 4) is 0 Å². The quantitative estimate of drug-likeness (QED) is 0.864. The highest BCUT2D eigenvalue weighted by Gasteiger charge is 2.08. The van der Waals surface area contributed by atoms with Gasteiger partial charge in [-0.3, -0.25) is 4.79 Å². The van der Waals surface area contributed by atoms with E-state index >= 15 is 0 Å². The van der Waals surface area contributed by atoms with Crippen molar-refractivity contribution in [3.63, 3.8) is 0 Å². The molecular formula is C10H12BrNO2. The van der Waals surface area contributed by atoms with Crippen molar-refractivity contribution < 1.29 is 9.90 Å². The molecule has 0 unspecified atom stereocenters. The van der Waals surface area contributed by atoms with Gasteiger partial charge in [0.2, 0.25) is 0 Å². The zero-order valence-corrected chi connectivity index (χ0v) is 9.41. The summed E-state index contributed by atoms with van der Waals surface area (Å²) in [5, 5.41) is 11.4. The molecule has 4 heteroatoms. The summed E-state index contributed by atoms with van der Waals surface area (Å²) in [6.45, 7) is 1.69. The van der Waals surface area contributed by atoms with Crippen molar-refractivity contribution in [2.45, 2.75) is 13.0 Å². The molecule has 0 aromatic heterocycles. The second-order valence-corrected chi connectivity index (χ2v) is 3.98. The number of halogens is 1. The Morgan fingerprint density at radius 1 is 1.64 bits per heavy atom. The monoisotopic (exact) mass is 257 g/mol. The minimum atomic E-state index is -0.221. The second kappa shape index (κ2) is 5.12. The average Bonchev–Trinajstić information content (AvgIpc) is 2.17. The number of amides is 1. The lowest BCUT2D eigenvalue weighted by atomic mass is 10.2. The summed E-state index contributed by atoms with van der Waals surface area (Å²) >= 11 is 3.28. The first kappa shape index (κ1) is 11.2. The summed E-state index contributed by atoms with van der Waals surface area (Å²) < 4.78 is 0.863. The van der Waals surface area contributed by atoms with Crippen LogP contribution in [0.2, 0.25) is 0 Å². The number of aliphatic hydroxyl groups is 1. The van der Waals surface area contributed by atoms with Gasteiger partial charge in [0.1, 0.15) is 0 Å². The van der Waals surface area contributed by atoms with Crippen molar-refractivity contribution in [2.75, 3.05) is 6.61 Å². The molecule has 0 spiro atoms. The first-order valence-corrected chi connectivity index (χ1v) is 5.10.